The maximum atomic E-state index is 8.65. The van der Waals surface area contributed by atoms with Crippen molar-refractivity contribution in [3.05, 3.63) is 29.8 Å². The molecule has 2 N–H and O–H groups in total. The number of para-hydroxylation sites is 1. The topological polar surface area (TPSA) is 32.3 Å². The number of rotatable bonds is 8. The molecule has 0 saturated carbocycles. The molecule has 0 unspecified atom stereocenters. The van der Waals surface area contributed by atoms with Gasteiger partial charge in [0.1, 0.15) is 0 Å². The van der Waals surface area contributed by atoms with Crippen molar-refractivity contribution in [1.82, 2.24) is 0 Å². The number of aliphatic hydroxyl groups is 1. The van der Waals surface area contributed by atoms with Crippen LogP contribution in [-0.2, 0) is 6.42 Å². The summed E-state index contributed by atoms with van der Waals surface area (Å²) in [5, 5.41) is 12.1. The number of hydrogen-bond acceptors (Lipinski definition) is 2. The van der Waals surface area contributed by atoms with Gasteiger partial charge in [0.05, 0.1) is 0 Å². The normalized spacial score (nSPS) is 10.4. The van der Waals surface area contributed by atoms with Crippen LogP contribution in [-0.4, -0.2) is 18.3 Å². The Balaban J connectivity index is 2.21. The molecule has 0 aliphatic rings. The molecule has 0 spiro atoms. The van der Waals surface area contributed by atoms with E-state index in [1.807, 2.05) is 0 Å². The molecule has 0 heterocycles. The minimum atomic E-state index is 0.325. The molecule has 16 heavy (non-hydrogen) atoms. The van der Waals surface area contributed by atoms with Crippen LogP contribution in [0.25, 0.3) is 0 Å². The average Bonchev–Trinajstić information content (AvgIpc) is 2.34. The Morgan fingerprint density at radius 1 is 1.06 bits per heavy atom. The lowest BCUT2D eigenvalue weighted by molar-refractivity contribution is 0.283. The second-order valence-corrected chi connectivity index (χ2v) is 4.08. The summed E-state index contributed by atoms with van der Waals surface area (Å²) in [7, 11) is 0. The zero-order valence-corrected chi connectivity index (χ0v) is 10.2. The van der Waals surface area contributed by atoms with Gasteiger partial charge in [-0.25, -0.2) is 0 Å². The van der Waals surface area contributed by atoms with E-state index < -0.39 is 0 Å². The van der Waals surface area contributed by atoms with Crippen LogP contribution in [0.1, 0.15) is 38.2 Å². The van der Waals surface area contributed by atoms with Crippen molar-refractivity contribution in [2.75, 3.05) is 18.5 Å². The highest BCUT2D eigenvalue weighted by Gasteiger charge is 1.97. The van der Waals surface area contributed by atoms with Crippen molar-refractivity contribution in [2.24, 2.45) is 0 Å². The van der Waals surface area contributed by atoms with Gasteiger partial charge in [0.25, 0.3) is 0 Å². The Hall–Kier alpha value is -1.02. The molecule has 1 aromatic carbocycles. The molecule has 0 amide bonds. The number of aliphatic hydroxyl groups excluding tert-OH is 1. The first-order valence-corrected chi connectivity index (χ1v) is 6.31. The van der Waals surface area contributed by atoms with Crippen LogP contribution in [0.15, 0.2) is 24.3 Å². The van der Waals surface area contributed by atoms with E-state index in [0.717, 1.165) is 25.8 Å². The summed E-state index contributed by atoms with van der Waals surface area (Å²) in [6.45, 7) is 3.54. The second-order valence-electron chi connectivity index (χ2n) is 4.08. The lowest BCUT2D eigenvalue weighted by Crippen LogP contribution is -2.03. The molecule has 0 atom stereocenters. The zero-order valence-electron chi connectivity index (χ0n) is 10.2. The van der Waals surface area contributed by atoms with E-state index in [1.54, 1.807) is 0 Å². The van der Waals surface area contributed by atoms with Gasteiger partial charge >= 0.3 is 0 Å². The minimum absolute atomic E-state index is 0.325. The molecule has 0 fully saturated rings. The van der Waals surface area contributed by atoms with Gasteiger partial charge in [-0.3, -0.25) is 0 Å². The van der Waals surface area contributed by atoms with E-state index in [1.165, 1.54) is 24.1 Å². The highest BCUT2D eigenvalue weighted by Crippen LogP contribution is 2.15. The maximum absolute atomic E-state index is 8.65. The van der Waals surface area contributed by atoms with Crippen molar-refractivity contribution in [3.63, 3.8) is 0 Å². The third-order valence-corrected chi connectivity index (χ3v) is 2.80. The summed E-state index contributed by atoms with van der Waals surface area (Å²) in [4.78, 5) is 0. The lowest BCUT2D eigenvalue weighted by atomic mass is 10.1. The van der Waals surface area contributed by atoms with Crippen molar-refractivity contribution in [3.8, 4) is 0 Å². The van der Waals surface area contributed by atoms with Crippen LogP contribution < -0.4 is 5.32 Å². The predicted molar refractivity (Wildman–Crippen MR) is 69.9 cm³/mol. The van der Waals surface area contributed by atoms with Crippen molar-refractivity contribution < 1.29 is 5.11 Å². The van der Waals surface area contributed by atoms with Crippen molar-refractivity contribution >= 4 is 5.69 Å². The monoisotopic (exact) mass is 221 g/mol. The number of benzene rings is 1. The Kier molecular flexibility index (Phi) is 6.66. The molecular weight excluding hydrogens is 198 g/mol. The Labute approximate surface area is 98.7 Å². The van der Waals surface area contributed by atoms with Crippen LogP contribution in [0.2, 0.25) is 0 Å². The Morgan fingerprint density at radius 2 is 1.81 bits per heavy atom. The molecule has 0 radical (unpaired) electrons. The third kappa shape index (κ3) is 4.67. The number of hydrogen-bond donors (Lipinski definition) is 2. The van der Waals surface area contributed by atoms with E-state index in [2.05, 4.69) is 36.5 Å². The van der Waals surface area contributed by atoms with E-state index in [0.29, 0.717) is 6.61 Å². The van der Waals surface area contributed by atoms with Crippen LogP contribution in [0.3, 0.4) is 0 Å². The maximum Gasteiger partial charge on any atom is 0.0431 e. The molecule has 0 bridgehead atoms. The Bertz CT molecular complexity index is 286. The smallest absolute Gasteiger partial charge is 0.0431 e. The molecule has 2 nitrogen and oxygen atoms in total. The standard InChI is InChI=1S/C14H23NO/c1-2-13-9-5-6-10-14(13)15-11-7-3-4-8-12-16/h5-6,9-10,15-16H,2-4,7-8,11-12H2,1H3. The molecule has 1 rings (SSSR count). The summed E-state index contributed by atoms with van der Waals surface area (Å²) in [6, 6.07) is 8.49. The molecule has 1 aromatic rings. The third-order valence-electron chi connectivity index (χ3n) is 2.80. The van der Waals surface area contributed by atoms with E-state index in [4.69, 9.17) is 5.11 Å². The van der Waals surface area contributed by atoms with E-state index in [-0.39, 0.29) is 0 Å². The quantitative estimate of drug-likeness (QED) is 0.661. The van der Waals surface area contributed by atoms with Crippen LogP contribution in [0.4, 0.5) is 5.69 Å². The number of aryl methyl sites for hydroxylation is 1. The van der Waals surface area contributed by atoms with Crippen molar-refractivity contribution in [1.29, 1.82) is 0 Å². The van der Waals surface area contributed by atoms with E-state index >= 15 is 0 Å². The van der Waals surface area contributed by atoms with Gasteiger partial charge in [-0.05, 0) is 30.9 Å². The Morgan fingerprint density at radius 3 is 2.56 bits per heavy atom. The molecule has 2 heteroatoms. The highest BCUT2D eigenvalue weighted by atomic mass is 16.2. The summed E-state index contributed by atoms with van der Waals surface area (Å²) < 4.78 is 0. The van der Waals surface area contributed by atoms with Gasteiger partial charge in [0.2, 0.25) is 0 Å². The first kappa shape index (κ1) is 13.0. The average molecular weight is 221 g/mol. The fourth-order valence-electron chi connectivity index (χ4n) is 1.81. The molecule has 90 valence electrons. The van der Waals surface area contributed by atoms with Gasteiger partial charge in [-0.1, -0.05) is 38.0 Å². The zero-order chi connectivity index (χ0) is 11.6. The fraction of sp³-hybridized carbons (Fsp3) is 0.571. The van der Waals surface area contributed by atoms with Crippen LogP contribution in [0.5, 0.6) is 0 Å². The molecular formula is C14H23NO. The van der Waals surface area contributed by atoms with E-state index in [9.17, 15) is 0 Å². The highest BCUT2D eigenvalue weighted by molar-refractivity contribution is 5.50. The number of anilines is 1. The molecule has 0 saturated heterocycles. The summed E-state index contributed by atoms with van der Waals surface area (Å²) >= 11 is 0. The van der Waals surface area contributed by atoms with Gasteiger partial charge in [-0.15, -0.1) is 0 Å². The SMILES string of the molecule is CCc1ccccc1NCCCCCCO. The fourth-order valence-corrected chi connectivity index (χ4v) is 1.81. The number of unbranched alkanes of at least 4 members (excludes halogenated alkanes) is 3. The van der Waals surface area contributed by atoms with Crippen LogP contribution in [0, 0.1) is 0 Å². The minimum Gasteiger partial charge on any atom is -0.396 e. The second kappa shape index (κ2) is 8.17. The lowest BCUT2D eigenvalue weighted by Gasteiger charge is -2.10. The first-order valence-electron chi connectivity index (χ1n) is 6.31. The summed E-state index contributed by atoms with van der Waals surface area (Å²) in [6.07, 6.45) is 5.52. The number of nitrogens with one attached hydrogen (secondary N) is 1. The summed E-state index contributed by atoms with van der Waals surface area (Å²) in [5.41, 5.74) is 2.66. The van der Waals surface area contributed by atoms with Crippen LogP contribution >= 0.6 is 0 Å². The van der Waals surface area contributed by atoms with Gasteiger partial charge in [0, 0.05) is 18.8 Å². The van der Waals surface area contributed by atoms with Crippen molar-refractivity contribution in [2.45, 2.75) is 39.0 Å². The first-order chi connectivity index (χ1) is 7.88. The molecule has 0 aliphatic carbocycles. The van der Waals surface area contributed by atoms with Gasteiger partial charge in [0.15, 0.2) is 0 Å². The molecule has 0 aliphatic heterocycles. The van der Waals surface area contributed by atoms with Gasteiger partial charge < -0.3 is 10.4 Å². The molecule has 0 aromatic heterocycles. The predicted octanol–water partition coefficient (Wildman–Crippen LogP) is 3.21. The largest absolute Gasteiger partial charge is 0.396 e. The summed E-state index contributed by atoms with van der Waals surface area (Å²) in [5.74, 6) is 0. The van der Waals surface area contributed by atoms with Gasteiger partial charge in [-0.2, -0.15) is 0 Å².